The molecule has 0 radical (unpaired) electrons. The molecule has 1 aromatic heterocycles. The maximum absolute atomic E-state index is 11.2. The lowest BCUT2D eigenvalue weighted by atomic mass is 10.4. The Balaban J connectivity index is 0.00000441. The van der Waals surface area contributed by atoms with Crippen molar-refractivity contribution in [1.82, 2.24) is 14.8 Å². The lowest BCUT2D eigenvalue weighted by molar-refractivity contribution is 0.462. The summed E-state index contributed by atoms with van der Waals surface area (Å²) in [6, 6.07) is 1.90. The number of nitrogens with one attached hydrogen (secondary N) is 1. The van der Waals surface area contributed by atoms with Crippen LogP contribution < -0.4 is 5.32 Å². The first-order valence-corrected chi connectivity index (χ1v) is 9.14. The molecule has 22 heavy (non-hydrogen) atoms. The van der Waals surface area contributed by atoms with Crippen LogP contribution in [0.3, 0.4) is 0 Å². The van der Waals surface area contributed by atoms with E-state index < -0.39 is 9.84 Å². The molecular weight excluding hydrogens is 439 g/mol. The van der Waals surface area contributed by atoms with Gasteiger partial charge in [-0.05, 0) is 13.0 Å². The van der Waals surface area contributed by atoms with Crippen molar-refractivity contribution in [3.8, 4) is 0 Å². The minimum Gasteiger partial charge on any atom is -0.357 e. The highest BCUT2D eigenvalue weighted by Crippen LogP contribution is 2.14. The van der Waals surface area contributed by atoms with E-state index in [-0.39, 0.29) is 36.3 Å². The Morgan fingerprint density at radius 1 is 1.50 bits per heavy atom. The molecule has 0 bridgehead atoms. The topological polar surface area (TPSA) is 66.7 Å². The van der Waals surface area contributed by atoms with Crippen LogP contribution in [-0.4, -0.2) is 56.0 Å². The van der Waals surface area contributed by atoms with Gasteiger partial charge < -0.3 is 14.8 Å². The summed E-state index contributed by atoms with van der Waals surface area (Å²) in [5.41, 5.74) is 1.05. The van der Waals surface area contributed by atoms with Crippen molar-refractivity contribution < 1.29 is 8.42 Å². The number of rotatable bonds is 6. The Bertz CT molecular complexity index is 601. The highest BCUT2D eigenvalue weighted by atomic mass is 127. The quantitative estimate of drug-likeness (QED) is 0.397. The molecule has 0 unspecified atom stereocenters. The summed E-state index contributed by atoms with van der Waals surface area (Å²) in [6.45, 7) is 3.57. The van der Waals surface area contributed by atoms with Gasteiger partial charge in [-0.15, -0.1) is 24.0 Å². The molecule has 0 aliphatic rings. The predicted octanol–water partition coefficient (Wildman–Crippen LogP) is 1.74. The Morgan fingerprint density at radius 2 is 2.14 bits per heavy atom. The van der Waals surface area contributed by atoms with Crippen molar-refractivity contribution >= 4 is 51.4 Å². The number of nitrogens with zero attached hydrogens (tertiary/aromatic N) is 3. The second-order valence-corrected chi connectivity index (χ2v) is 7.68. The predicted molar refractivity (Wildman–Crippen MR) is 103 cm³/mol. The largest absolute Gasteiger partial charge is 0.357 e. The first kappa shape index (κ1) is 21.5. The molecule has 1 N–H and O–H groups in total. The number of aliphatic imine (C=N–C) groups is 1. The number of hydrogen-bond donors (Lipinski definition) is 1. The van der Waals surface area contributed by atoms with Crippen molar-refractivity contribution in [1.29, 1.82) is 0 Å². The Morgan fingerprint density at radius 3 is 2.59 bits per heavy atom. The monoisotopic (exact) mass is 462 g/mol. The van der Waals surface area contributed by atoms with E-state index in [4.69, 9.17) is 11.6 Å². The van der Waals surface area contributed by atoms with Gasteiger partial charge in [0.2, 0.25) is 0 Å². The van der Waals surface area contributed by atoms with Crippen LogP contribution in [0.25, 0.3) is 0 Å². The van der Waals surface area contributed by atoms with Crippen LogP contribution in [0.5, 0.6) is 0 Å². The molecule has 9 heteroatoms. The Hall–Kier alpha value is -0.480. The van der Waals surface area contributed by atoms with Gasteiger partial charge in [-0.1, -0.05) is 11.6 Å². The zero-order chi connectivity index (χ0) is 16.0. The fraction of sp³-hybridized carbons (Fsp3) is 0.615. The summed E-state index contributed by atoms with van der Waals surface area (Å²) < 4.78 is 24.3. The average Bonchev–Trinajstić information content (AvgIpc) is 2.65. The van der Waals surface area contributed by atoms with E-state index in [1.165, 1.54) is 6.26 Å². The molecule has 0 aromatic carbocycles. The average molecular weight is 463 g/mol. The summed E-state index contributed by atoms with van der Waals surface area (Å²) in [5.74, 6) is 0.726. The van der Waals surface area contributed by atoms with Crippen LogP contribution in [0.4, 0.5) is 0 Å². The Kier molecular flexibility index (Phi) is 9.40. The van der Waals surface area contributed by atoms with Gasteiger partial charge in [-0.25, -0.2) is 8.42 Å². The lowest BCUT2D eigenvalue weighted by Crippen LogP contribution is -2.39. The number of aromatic nitrogens is 1. The molecule has 1 heterocycles. The fourth-order valence-electron chi connectivity index (χ4n) is 1.83. The van der Waals surface area contributed by atoms with E-state index in [0.29, 0.717) is 17.5 Å². The molecule has 1 rings (SSSR count). The third-order valence-corrected chi connectivity index (χ3v) is 4.02. The van der Waals surface area contributed by atoms with Crippen molar-refractivity contribution in [3.05, 3.63) is 23.0 Å². The number of sulfone groups is 1. The van der Waals surface area contributed by atoms with E-state index in [1.54, 1.807) is 0 Å². The molecule has 6 nitrogen and oxygen atoms in total. The van der Waals surface area contributed by atoms with Crippen LogP contribution in [0.1, 0.15) is 12.6 Å². The minimum absolute atomic E-state index is 0. The van der Waals surface area contributed by atoms with Crippen LogP contribution in [0.15, 0.2) is 17.3 Å². The molecular formula is C13H24ClIN4O2S. The first-order valence-electron chi connectivity index (χ1n) is 6.71. The van der Waals surface area contributed by atoms with Gasteiger partial charge in [0.25, 0.3) is 0 Å². The number of hydrogen-bond acceptors (Lipinski definition) is 3. The van der Waals surface area contributed by atoms with Crippen LogP contribution in [0, 0.1) is 0 Å². The van der Waals surface area contributed by atoms with Gasteiger partial charge in [0, 0.05) is 38.8 Å². The molecule has 1 aromatic rings. The van der Waals surface area contributed by atoms with E-state index in [2.05, 4.69) is 10.3 Å². The first-order chi connectivity index (χ1) is 9.73. The van der Waals surface area contributed by atoms with E-state index in [0.717, 1.165) is 12.2 Å². The standard InChI is InChI=1S/C13H23ClN4O2S.HI/c1-5-15-13(16-6-7-21(4,19)20)18(3)10-12-8-11(14)9-17(12)2;/h8-9H,5-7,10H2,1-4H3,(H,15,16);1H. The maximum atomic E-state index is 11.2. The summed E-state index contributed by atoms with van der Waals surface area (Å²) in [7, 11) is 0.841. The molecule has 0 aliphatic carbocycles. The van der Waals surface area contributed by atoms with Gasteiger partial charge in [0.15, 0.2) is 5.96 Å². The molecule has 0 aliphatic heterocycles. The van der Waals surface area contributed by atoms with Gasteiger partial charge in [0.05, 0.1) is 23.9 Å². The lowest BCUT2D eigenvalue weighted by Gasteiger charge is -2.22. The summed E-state index contributed by atoms with van der Waals surface area (Å²) in [5, 5.41) is 3.85. The molecule has 0 saturated carbocycles. The smallest absolute Gasteiger partial charge is 0.194 e. The van der Waals surface area contributed by atoms with Crippen molar-refractivity contribution in [3.63, 3.8) is 0 Å². The minimum atomic E-state index is -3.00. The van der Waals surface area contributed by atoms with Crippen molar-refractivity contribution in [2.75, 3.05) is 32.1 Å². The molecule has 0 amide bonds. The third kappa shape index (κ3) is 7.68. The van der Waals surface area contributed by atoms with Crippen molar-refractivity contribution in [2.24, 2.45) is 12.0 Å². The van der Waals surface area contributed by atoms with Gasteiger partial charge in [-0.2, -0.15) is 0 Å². The second-order valence-electron chi connectivity index (χ2n) is 4.98. The molecule has 0 saturated heterocycles. The van der Waals surface area contributed by atoms with Gasteiger partial charge >= 0.3 is 0 Å². The van der Waals surface area contributed by atoms with E-state index in [1.807, 2.05) is 42.7 Å². The highest BCUT2D eigenvalue weighted by molar-refractivity contribution is 14.0. The number of aryl methyl sites for hydroxylation is 1. The number of halogens is 2. The van der Waals surface area contributed by atoms with Gasteiger partial charge in [0.1, 0.15) is 9.84 Å². The fourth-order valence-corrected chi connectivity index (χ4v) is 2.52. The van der Waals surface area contributed by atoms with Crippen LogP contribution >= 0.6 is 35.6 Å². The number of guanidine groups is 1. The van der Waals surface area contributed by atoms with E-state index in [9.17, 15) is 8.42 Å². The maximum Gasteiger partial charge on any atom is 0.194 e. The van der Waals surface area contributed by atoms with Crippen LogP contribution in [0.2, 0.25) is 5.02 Å². The molecule has 0 spiro atoms. The second kappa shape index (κ2) is 9.61. The third-order valence-electron chi connectivity index (χ3n) is 2.89. The summed E-state index contributed by atoms with van der Waals surface area (Å²) >= 11 is 5.97. The Labute approximate surface area is 154 Å². The highest BCUT2D eigenvalue weighted by Gasteiger charge is 2.10. The van der Waals surface area contributed by atoms with Crippen molar-refractivity contribution in [2.45, 2.75) is 13.5 Å². The SMILES string of the molecule is CCNC(=NCCS(C)(=O)=O)N(C)Cc1cc(Cl)cn1C.I. The molecule has 128 valence electrons. The summed E-state index contributed by atoms with van der Waals surface area (Å²) in [4.78, 5) is 6.28. The van der Waals surface area contributed by atoms with E-state index >= 15 is 0 Å². The summed E-state index contributed by atoms with van der Waals surface area (Å²) in [6.07, 6.45) is 3.06. The van der Waals surface area contributed by atoms with Gasteiger partial charge in [-0.3, -0.25) is 4.99 Å². The normalized spacial score (nSPS) is 12.0. The molecule has 0 fully saturated rings. The van der Waals surface area contributed by atoms with Crippen LogP contribution in [-0.2, 0) is 23.4 Å². The zero-order valence-electron chi connectivity index (χ0n) is 13.3. The molecule has 0 atom stereocenters. The zero-order valence-corrected chi connectivity index (χ0v) is 17.2.